The zero-order chi connectivity index (χ0) is 29.0. The first-order valence-corrected chi connectivity index (χ1v) is 13.0. The van der Waals surface area contributed by atoms with Crippen LogP contribution in [0.2, 0.25) is 0 Å². The van der Waals surface area contributed by atoms with E-state index in [1.165, 1.54) is 25.2 Å². The smallest absolute Gasteiger partial charge is 0.290 e. The minimum Gasteiger partial charge on any atom is -0.503 e. The van der Waals surface area contributed by atoms with Gasteiger partial charge in [-0.3, -0.25) is 9.59 Å². The zero-order valence-electron chi connectivity index (χ0n) is 23.7. The first-order chi connectivity index (χ1) is 19.1. The van der Waals surface area contributed by atoms with Crippen LogP contribution in [-0.4, -0.2) is 49.6 Å². The molecular formula is C32H35NO7. The number of hydrogen-bond donors (Lipinski definition) is 1. The number of hydrogen-bond acceptors (Lipinski definition) is 7. The summed E-state index contributed by atoms with van der Waals surface area (Å²) < 4.78 is 22.2. The van der Waals surface area contributed by atoms with Crippen molar-refractivity contribution in [1.29, 1.82) is 0 Å². The van der Waals surface area contributed by atoms with Crippen molar-refractivity contribution in [3.8, 4) is 23.0 Å². The van der Waals surface area contributed by atoms with Crippen molar-refractivity contribution in [2.75, 3.05) is 27.9 Å². The van der Waals surface area contributed by atoms with E-state index in [0.29, 0.717) is 46.6 Å². The lowest BCUT2D eigenvalue weighted by atomic mass is 9.81. The lowest BCUT2D eigenvalue weighted by Gasteiger charge is -2.37. The maximum Gasteiger partial charge on any atom is 0.290 e. The SMILES string of the molecule is COc1cccc(CN2C(=O)C(O)=CC2(C(=O)c2ccc(OCC(C)C)c(C)c2)c2ccc(OC)c(OC)c2)c1. The molecule has 3 aromatic rings. The summed E-state index contributed by atoms with van der Waals surface area (Å²) in [5.74, 6) is 0.911. The number of ketones is 1. The van der Waals surface area contributed by atoms with Gasteiger partial charge in [0.25, 0.3) is 5.91 Å². The van der Waals surface area contributed by atoms with Gasteiger partial charge in [0, 0.05) is 18.2 Å². The first-order valence-electron chi connectivity index (χ1n) is 13.0. The number of aliphatic hydroxyl groups excluding tert-OH is 1. The number of aliphatic hydroxyl groups is 1. The Morgan fingerprint density at radius 1 is 0.925 bits per heavy atom. The van der Waals surface area contributed by atoms with Gasteiger partial charge in [0.2, 0.25) is 0 Å². The molecule has 0 radical (unpaired) electrons. The van der Waals surface area contributed by atoms with E-state index >= 15 is 0 Å². The third-order valence-corrected chi connectivity index (χ3v) is 6.89. The summed E-state index contributed by atoms with van der Waals surface area (Å²) >= 11 is 0. The second-order valence-corrected chi connectivity index (χ2v) is 10.1. The molecule has 8 nitrogen and oxygen atoms in total. The van der Waals surface area contributed by atoms with Crippen LogP contribution in [0.1, 0.15) is 40.9 Å². The average Bonchev–Trinajstić information content (AvgIpc) is 3.21. The Kier molecular flexibility index (Phi) is 8.38. The van der Waals surface area contributed by atoms with Crippen molar-refractivity contribution in [1.82, 2.24) is 4.90 Å². The van der Waals surface area contributed by atoms with Crippen molar-refractivity contribution in [2.24, 2.45) is 5.92 Å². The maximum atomic E-state index is 14.6. The molecular weight excluding hydrogens is 510 g/mol. The molecule has 1 aliphatic rings. The van der Waals surface area contributed by atoms with Gasteiger partial charge in [0.15, 0.2) is 28.6 Å². The van der Waals surface area contributed by atoms with Crippen molar-refractivity contribution in [2.45, 2.75) is 32.9 Å². The van der Waals surface area contributed by atoms with Gasteiger partial charge in [-0.1, -0.05) is 32.0 Å². The standard InChI is InChI=1S/C32H35NO7/c1-20(2)19-40-27-12-10-23(14-21(27)3)30(35)32(24-11-13-28(38-5)29(16-24)39-6)17-26(34)31(36)33(32)18-22-8-7-9-25(15-22)37-4/h7-17,20,34H,18-19H2,1-6H3. The molecule has 0 bridgehead atoms. The average molecular weight is 546 g/mol. The van der Waals surface area contributed by atoms with E-state index in [0.717, 1.165) is 11.1 Å². The topological polar surface area (TPSA) is 94.5 Å². The monoisotopic (exact) mass is 545 g/mol. The number of amides is 1. The summed E-state index contributed by atoms with van der Waals surface area (Å²) in [6.07, 6.45) is 1.32. The van der Waals surface area contributed by atoms with Gasteiger partial charge >= 0.3 is 0 Å². The van der Waals surface area contributed by atoms with Gasteiger partial charge in [-0.2, -0.15) is 0 Å². The molecule has 4 rings (SSSR count). The number of ether oxygens (including phenoxy) is 4. The van der Waals surface area contributed by atoms with Gasteiger partial charge in [-0.25, -0.2) is 0 Å². The van der Waals surface area contributed by atoms with E-state index < -0.39 is 23.0 Å². The van der Waals surface area contributed by atoms with E-state index in [1.54, 1.807) is 61.7 Å². The van der Waals surface area contributed by atoms with Crippen LogP contribution < -0.4 is 18.9 Å². The summed E-state index contributed by atoms with van der Waals surface area (Å²) in [6, 6.07) is 17.5. The van der Waals surface area contributed by atoms with Crippen LogP contribution in [0, 0.1) is 12.8 Å². The molecule has 0 saturated heterocycles. The molecule has 1 amide bonds. The molecule has 1 atom stereocenters. The van der Waals surface area contributed by atoms with Crippen LogP contribution in [0.15, 0.2) is 72.5 Å². The van der Waals surface area contributed by atoms with Gasteiger partial charge in [-0.05, 0) is 72.0 Å². The molecule has 1 unspecified atom stereocenters. The fourth-order valence-corrected chi connectivity index (χ4v) is 4.85. The Hall–Kier alpha value is -4.46. The Balaban J connectivity index is 1.88. The normalized spacial score (nSPS) is 16.6. The molecule has 1 N–H and O–H groups in total. The van der Waals surface area contributed by atoms with Crippen LogP contribution in [0.3, 0.4) is 0 Å². The highest BCUT2D eigenvalue weighted by molar-refractivity contribution is 6.11. The quantitative estimate of drug-likeness (QED) is 0.313. The fourth-order valence-electron chi connectivity index (χ4n) is 4.85. The molecule has 0 saturated carbocycles. The highest BCUT2D eigenvalue weighted by Gasteiger charge is 2.53. The van der Waals surface area contributed by atoms with Gasteiger partial charge in [0.1, 0.15) is 11.5 Å². The zero-order valence-corrected chi connectivity index (χ0v) is 23.7. The highest BCUT2D eigenvalue weighted by atomic mass is 16.5. The minimum absolute atomic E-state index is 0.0330. The number of carbonyl (C=O) groups is 2. The summed E-state index contributed by atoms with van der Waals surface area (Å²) in [4.78, 5) is 29.4. The molecule has 0 spiro atoms. The van der Waals surface area contributed by atoms with E-state index in [2.05, 4.69) is 13.8 Å². The second-order valence-electron chi connectivity index (χ2n) is 10.1. The van der Waals surface area contributed by atoms with Gasteiger partial charge in [-0.15, -0.1) is 0 Å². The summed E-state index contributed by atoms with van der Waals surface area (Å²) in [5, 5.41) is 10.8. The number of rotatable bonds is 11. The number of methoxy groups -OCH3 is 3. The Bertz CT molecular complexity index is 1440. The lowest BCUT2D eigenvalue weighted by molar-refractivity contribution is -0.131. The second kappa shape index (κ2) is 11.7. The predicted molar refractivity (Wildman–Crippen MR) is 151 cm³/mol. The van der Waals surface area contributed by atoms with Gasteiger partial charge < -0.3 is 29.0 Å². The largest absolute Gasteiger partial charge is 0.503 e. The molecule has 210 valence electrons. The lowest BCUT2D eigenvalue weighted by Crippen LogP contribution is -2.49. The Morgan fingerprint density at radius 3 is 2.30 bits per heavy atom. The van der Waals surface area contributed by atoms with E-state index in [9.17, 15) is 14.7 Å². The summed E-state index contributed by atoms with van der Waals surface area (Å²) in [6.45, 7) is 6.57. The number of aryl methyl sites for hydroxylation is 1. The Labute approximate surface area is 234 Å². The molecule has 8 heteroatoms. The van der Waals surface area contributed by atoms with Gasteiger partial charge in [0.05, 0.1) is 27.9 Å². The molecule has 40 heavy (non-hydrogen) atoms. The molecule has 1 heterocycles. The summed E-state index contributed by atoms with van der Waals surface area (Å²) in [7, 11) is 4.57. The molecule has 0 aromatic heterocycles. The molecule has 1 aliphatic heterocycles. The predicted octanol–water partition coefficient (Wildman–Crippen LogP) is 5.62. The van der Waals surface area contributed by atoms with E-state index in [1.807, 2.05) is 13.0 Å². The van der Waals surface area contributed by atoms with Crippen molar-refractivity contribution < 1.29 is 33.6 Å². The van der Waals surface area contributed by atoms with Crippen molar-refractivity contribution >= 4 is 11.7 Å². The third kappa shape index (κ3) is 5.34. The van der Waals surface area contributed by atoms with Crippen LogP contribution in [0.25, 0.3) is 0 Å². The number of nitrogens with zero attached hydrogens (tertiary/aromatic N) is 1. The maximum absolute atomic E-state index is 14.6. The highest BCUT2D eigenvalue weighted by Crippen LogP contribution is 2.44. The minimum atomic E-state index is -1.67. The van der Waals surface area contributed by atoms with E-state index in [4.69, 9.17) is 18.9 Å². The Morgan fingerprint density at radius 2 is 1.65 bits per heavy atom. The van der Waals surface area contributed by atoms with Crippen LogP contribution in [0.4, 0.5) is 0 Å². The molecule has 0 fully saturated rings. The molecule has 3 aromatic carbocycles. The van der Waals surface area contributed by atoms with Crippen LogP contribution in [0.5, 0.6) is 23.0 Å². The fraction of sp³-hybridized carbons (Fsp3) is 0.312. The van der Waals surface area contributed by atoms with Crippen molar-refractivity contribution in [3.05, 3.63) is 94.8 Å². The first kappa shape index (κ1) is 28.5. The van der Waals surface area contributed by atoms with Crippen LogP contribution in [-0.2, 0) is 16.9 Å². The van der Waals surface area contributed by atoms with Crippen molar-refractivity contribution in [3.63, 3.8) is 0 Å². The van der Waals surface area contributed by atoms with Crippen LogP contribution >= 0.6 is 0 Å². The number of Topliss-reactive ketones (excluding diaryl/α,β-unsaturated/α-hetero) is 1. The molecule has 0 aliphatic carbocycles. The van der Waals surface area contributed by atoms with E-state index in [-0.39, 0.29) is 6.54 Å². The number of benzene rings is 3. The summed E-state index contributed by atoms with van der Waals surface area (Å²) in [5.41, 5.74) is 0.635. The number of carbonyl (C=O) groups excluding carboxylic acids is 2. The third-order valence-electron chi connectivity index (χ3n) is 6.89.